The number of anilines is 1. The molecule has 0 fully saturated rings. The zero-order chi connectivity index (χ0) is 21.2. The summed E-state index contributed by atoms with van der Waals surface area (Å²) < 4.78 is 29.9. The predicted molar refractivity (Wildman–Crippen MR) is 110 cm³/mol. The first kappa shape index (κ1) is 21.7. The number of aliphatic imine (C=N–C) groups is 1. The van der Waals surface area contributed by atoms with Gasteiger partial charge < -0.3 is 15.3 Å². The maximum Gasteiger partial charge on any atom is 0.345 e. The SMILES string of the molecule is CC(C)C(N=C1NS(=O)(=O)N=C1Nc1cccc(C(=O)N(C)C)c1O)C(C)C. The standard InChI is InChI=1S/C18H27N5O4S/c1-10(2)14(11(3)4)20-17-16(21-28(26,27)22-17)19-13-9-7-8-12(15(13)24)18(25)23(5)6/h7-11,14,24H,1-6H3,(H,19,21)(H,20,22). The minimum Gasteiger partial charge on any atom is -0.505 e. The van der Waals surface area contributed by atoms with Crippen molar-refractivity contribution in [2.24, 2.45) is 21.2 Å². The van der Waals surface area contributed by atoms with E-state index in [-0.39, 0.29) is 52.5 Å². The van der Waals surface area contributed by atoms with Gasteiger partial charge in [0.15, 0.2) is 17.4 Å². The van der Waals surface area contributed by atoms with Gasteiger partial charge in [-0.05, 0) is 24.0 Å². The van der Waals surface area contributed by atoms with Gasteiger partial charge in [-0.3, -0.25) is 9.79 Å². The normalized spacial score (nSPS) is 17.2. The Bertz CT molecular complexity index is 912. The summed E-state index contributed by atoms with van der Waals surface area (Å²) in [5, 5.41) is 13.3. The Kier molecular flexibility index (Phi) is 6.33. The quantitative estimate of drug-likeness (QED) is 0.640. The molecule has 0 unspecified atom stereocenters. The van der Waals surface area contributed by atoms with Crippen LogP contribution in [0.3, 0.4) is 0 Å². The molecule has 1 aliphatic heterocycles. The summed E-state index contributed by atoms with van der Waals surface area (Å²) in [6.45, 7) is 8.02. The third kappa shape index (κ3) is 4.80. The summed E-state index contributed by atoms with van der Waals surface area (Å²) in [4.78, 5) is 18.1. The van der Waals surface area contributed by atoms with E-state index in [1.165, 1.54) is 17.0 Å². The molecule has 0 aromatic heterocycles. The molecule has 10 heteroatoms. The molecule has 1 aromatic carbocycles. The van der Waals surface area contributed by atoms with Crippen molar-refractivity contribution in [3.05, 3.63) is 23.8 Å². The summed E-state index contributed by atoms with van der Waals surface area (Å²) in [6.07, 6.45) is 0. The molecule has 3 N–H and O–H groups in total. The molecule has 1 amide bonds. The molecule has 28 heavy (non-hydrogen) atoms. The molecule has 1 aromatic rings. The van der Waals surface area contributed by atoms with Crippen LogP contribution < -0.4 is 10.0 Å². The van der Waals surface area contributed by atoms with Crippen molar-refractivity contribution < 1.29 is 18.3 Å². The summed E-state index contributed by atoms with van der Waals surface area (Å²) in [5.74, 6) is -0.251. The molecule has 0 aliphatic carbocycles. The van der Waals surface area contributed by atoms with Crippen molar-refractivity contribution in [2.45, 2.75) is 33.7 Å². The van der Waals surface area contributed by atoms with Gasteiger partial charge in [-0.1, -0.05) is 33.8 Å². The van der Waals surface area contributed by atoms with E-state index in [2.05, 4.69) is 19.4 Å². The Morgan fingerprint density at radius 3 is 2.36 bits per heavy atom. The van der Waals surface area contributed by atoms with E-state index in [1.54, 1.807) is 20.2 Å². The number of nitrogens with zero attached hydrogens (tertiary/aromatic N) is 3. The minimum absolute atomic E-state index is 0.0314. The van der Waals surface area contributed by atoms with E-state index < -0.39 is 10.2 Å². The van der Waals surface area contributed by atoms with Crippen LogP contribution in [-0.2, 0) is 10.2 Å². The third-order valence-electron chi connectivity index (χ3n) is 4.23. The highest BCUT2D eigenvalue weighted by Crippen LogP contribution is 2.29. The fourth-order valence-corrected chi connectivity index (χ4v) is 3.74. The number of amides is 1. The molecule has 1 heterocycles. The van der Waals surface area contributed by atoms with E-state index >= 15 is 0 Å². The number of hydrogen-bond donors (Lipinski definition) is 3. The van der Waals surface area contributed by atoms with Crippen molar-refractivity contribution >= 4 is 33.5 Å². The van der Waals surface area contributed by atoms with Crippen LogP contribution in [0, 0.1) is 11.8 Å². The van der Waals surface area contributed by atoms with Crippen molar-refractivity contribution in [1.29, 1.82) is 0 Å². The maximum atomic E-state index is 12.2. The van der Waals surface area contributed by atoms with Crippen molar-refractivity contribution in [1.82, 2.24) is 9.62 Å². The topological polar surface area (TPSA) is 123 Å². The predicted octanol–water partition coefficient (Wildman–Crippen LogP) is 1.83. The van der Waals surface area contributed by atoms with E-state index in [1.807, 2.05) is 27.7 Å². The summed E-state index contributed by atoms with van der Waals surface area (Å²) in [7, 11) is -0.783. The molecule has 9 nitrogen and oxygen atoms in total. The summed E-state index contributed by atoms with van der Waals surface area (Å²) in [6, 6.07) is 4.46. The summed E-state index contributed by atoms with van der Waals surface area (Å²) in [5.41, 5.74) is 0.244. The Morgan fingerprint density at radius 1 is 1.21 bits per heavy atom. The van der Waals surface area contributed by atoms with Crippen molar-refractivity contribution in [2.75, 3.05) is 19.4 Å². The molecule has 2 rings (SSSR count). The molecular weight excluding hydrogens is 382 g/mol. The smallest absolute Gasteiger partial charge is 0.345 e. The average Bonchev–Trinajstić information content (AvgIpc) is 2.86. The highest BCUT2D eigenvalue weighted by Gasteiger charge is 2.30. The molecule has 0 spiro atoms. The van der Waals surface area contributed by atoms with Gasteiger partial charge in [0, 0.05) is 14.1 Å². The second-order valence-electron chi connectivity index (χ2n) is 7.50. The Balaban J connectivity index is 2.43. The van der Waals surface area contributed by atoms with E-state index in [4.69, 9.17) is 0 Å². The number of aromatic hydroxyl groups is 1. The van der Waals surface area contributed by atoms with Crippen LogP contribution in [-0.4, -0.2) is 56.1 Å². The van der Waals surface area contributed by atoms with Crippen LogP contribution in [0.1, 0.15) is 38.1 Å². The van der Waals surface area contributed by atoms with Gasteiger partial charge >= 0.3 is 10.2 Å². The van der Waals surface area contributed by atoms with Crippen LogP contribution >= 0.6 is 0 Å². The van der Waals surface area contributed by atoms with Gasteiger partial charge in [0.2, 0.25) is 0 Å². The largest absolute Gasteiger partial charge is 0.505 e. The number of rotatable bonds is 5. The molecule has 1 aliphatic rings. The highest BCUT2D eigenvalue weighted by atomic mass is 32.2. The van der Waals surface area contributed by atoms with Crippen LogP contribution in [0.4, 0.5) is 5.69 Å². The van der Waals surface area contributed by atoms with Gasteiger partial charge in [0.05, 0.1) is 17.3 Å². The molecule has 0 bridgehead atoms. The zero-order valence-electron chi connectivity index (χ0n) is 16.9. The first-order valence-corrected chi connectivity index (χ1v) is 10.4. The number of carbonyl (C=O) groups is 1. The number of phenolic OH excluding ortho intramolecular Hbond substituents is 1. The van der Waals surface area contributed by atoms with Gasteiger partial charge in [0.25, 0.3) is 5.91 Å². The van der Waals surface area contributed by atoms with Crippen molar-refractivity contribution in [3.63, 3.8) is 0 Å². The number of nitrogens with one attached hydrogen (secondary N) is 2. The van der Waals surface area contributed by atoms with Crippen LogP contribution in [0.2, 0.25) is 0 Å². The molecule has 0 saturated carbocycles. The van der Waals surface area contributed by atoms with Crippen molar-refractivity contribution in [3.8, 4) is 5.75 Å². The maximum absolute atomic E-state index is 12.2. The Labute approximate surface area is 165 Å². The van der Waals surface area contributed by atoms with Gasteiger partial charge in [-0.15, -0.1) is 4.40 Å². The lowest BCUT2D eigenvalue weighted by atomic mass is 9.94. The number of carbonyl (C=O) groups excluding carboxylic acids is 1. The highest BCUT2D eigenvalue weighted by molar-refractivity contribution is 7.89. The fraction of sp³-hybridized carbons (Fsp3) is 0.500. The number of para-hydroxylation sites is 1. The lowest BCUT2D eigenvalue weighted by Crippen LogP contribution is -2.34. The Morgan fingerprint density at radius 2 is 1.82 bits per heavy atom. The van der Waals surface area contributed by atoms with Crippen LogP contribution in [0.25, 0.3) is 0 Å². The molecule has 0 radical (unpaired) electrons. The van der Waals surface area contributed by atoms with Crippen LogP contribution in [0.5, 0.6) is 5.75 Å². The van der Waals surface area contributed by atoms with Gasteiger partial charge in [-0.2, -0.15) is 8.42 Å². The number of amidine groups is 2. The lowest BCUT2D eigenvalue weighted by Gasteiger charge is -2.21. The lowest BCUT2D eigenvalue weighted by molar-refractivity contribution is 0.0824. The van der Waals surface area contributed by atoms with Crippen LogP contribution in [0.15, 0.2) is 27.6 Å². The second kappa shape index (κ2) is 8.17. The first-order valence-electron chi connectivity index (χ1n) is 8.94. The molecule has 0 saturated heterocycles. The summed E-state index contributed by atoms with van der Waals surface area (Å²) >= 11 is 0. The first-order chi connectivity index (χ1) is 12.9. The number of phenols is 1. The average molecular weight is 410 g/mol. The fourth-order valence-electron chi connectivity index (χ4n) is 2.93. The van der Waals surface area contributed by atoms with E-state index in [0.717, 1.165) is 0 Å². The molecule has 0 atom stereocenters. The van der Waals surface area contributed by atoms with E-state index in [0.29, 0.717) is 0 Å². The van der Waals surface area contributed by atoms with Gasteiger partial charge in [-0.25, -0.2) is 4.72 Å². The monoisotopic (exact) mass is 409 g/mol. The van der Waals surface area contributed by atoms with E-state index in [9.17, 15) is 18.3 Å². The Hall–Kier alpha value is -2.62. The number of hydrogen-bond acceptors (Lipinski definition) is 6. The zero-order valence-corrected chi connectivity index (χ0v) is 17.7. The molecular formula is C18H27N5O4S. The number of benzene rings is 1. The second-order valence-corrected chi connectivity index (χ2v) is 8.84. The molecule has 154 valence electrons. The minimum atomic E-state index is -3.93. The van der Waals surface area contributed by atoms with Gasteiger partial charge in [0.1, 0.15) is 0 Å². The third-order valence-corrected chi connectivity index (χ3v) is 5.11.